The van der Waals surface area contributed by atoms with Gasteiger partial charge in [0, 0.05) is 33.5 Å². The normalized spacial score (nSPS) is 12.5. The van der Waals surface area contributed by atoms with Crippen molar-refractivity contribution in [3.05, 3.63) is 136 Å². The molecule has 0 saturated heterocycles. The van der Waals surface area contributed by atoms with Crippen LogP contribution < -0.4 is 10.3 Å². The quantitative estimate of drug-likeness (QED) is 0.215. The Morgan fingerprint density at radius 2 is 1.27 bits per heavy atom. The van der Waals surface area contributed by atoms with Crippen LogP contribution >= 0.6 is 0 Å². The molecule has 7 rings (SSSR count). The van der Waals surface area contributed by atoms with Gasteiger partial charge in [0.1, 0.15) is 11.5 Å². The summed E-state index contributed by atoms with van der Waals surface area (Å²) in [5, 5.41) is 1.73. The molecule has 0 saturated carbocycles. The van der Waals surface area contributed by atoms with Crippen molar-refractivity contribution in [2.45, 2.75) is 6.18 Å². The molecule has 1 heterocycles. The van der Waals surface area contributed by atoms with Crippen molar-refractivity contribution in [2.24, 2.45) is 0 Å². The minimum absolute atomic E-state index is 0.253. The molecule has 0 amide bonds. The topological polar surface area (TPSA) is 48.3 Å². The molecule has 194 valence electrons. The lowest BCUT2D eigenvalue weighted by molar-refractivity contribution is -0.137. The van der Waals surface area contributed by atoms with Crippen molar-refractivity contribution in [1.82, 2.24) is 4.57 Å². The Hall–Kier alpha value is -5.17. The van der Waals surface area contributed by atoms with Crippen LogP contribution in [0.4, 0.5) is 13.2 Å². The minimum atomic E-state index is -4.52. The van der Waals surface area contributed by atoms with E-state index in [1.807, 2.05) is 42.5 Å². The first kappa shape index (κ1) is 23.9. The molecular formula is C33H18F3NO3. The molecule has 5 aromatic carbocycles. The number of alkyl halides is 3. The summed E-state index contributed by atoms with van der Waals surface area (Å²) in [5.74, 6) is 0.627. The fraction of sp³-hybridized carbons (Fsp3) is 0.0303. The number of benzene rings is 5. The summed E-state index contributed by atoms with van der Waals surface area (Å²) in [6.45, 7) is 0. The van der Waals surface area contributed by atoms with Gasteiger partial charge in [0.15, 0.2) is 5.78 Å². The van der Waals surface area contributed by atoms with Crippen LogP contribution in [0.2, 0.25) is 0 Å². The van der Waals surface area contributed by atoms with Crippen molar-refractivity contribution >= 4 is 27.5 Å². The fourth-order valence-corrected chi connectivity index (χ4v) is 5.50. The summed E-state index contributed by atoms with van der Waals surface area (Å²) >= 11 is 0. The Balaban J connectivity index is 1.65. The van der Waals surface area contributed by atoms with Crippen LogP contribution in [-0.2, 0) is 6.18 Å². The summed E-state index contributed by atoms with van der Waals surface area (Å²) in [7, 11) is 0. The number of para-hydroxylation sites is 1. The van der Waals surface area contributed by atoms with Crippen molar-refractivity contribution in [3.8, 4) is 28.3 Å². The van der Waals surface area contributed by atoms with Crippen LogP contribution in [0, 0.1) is 0 Å². The van der Waals surface area contributed by atoms with Crippen LogP contribution in [0.5, 0.6) is 11.5 Å². The molecule has 0 spiro atoms. The average Bonchev–Trinajstić information content (AvgIpc) is 2.96. The van der Waals surface area contributed by atoms with E-state index in [9.17, 15) is 22.8 Å². The van der Waals surface area contributed by atoms with E-state index in [1.165, 1.54) is 22.8 Å². The van der Waals surface area contributed by atoms with Crippen LogP contribution in [0.25, 0.3) is 38.5 Å². The fourth-order valence-electron chi connectivity index (χ4n) is 5.50. The lowest BCUT2D eigenvalue weighted by atomic mass is 9.82. The maximum absolute atomic E-state index is 14.1. The Morgan fingerprint density at radius 3 is 1.98 bits per heavy atom. The Kier molecular flexibility index (Phi) is 5.19. The molecule has 0 fully saturated rings. The summed E-state index contributed by atoms with van der Waals surface area (Å²) in [6, 6.07) is 29.3. The highest BCUT2D eigenvalue weighted by molar-refractivity contribution is 6.31. The Labute approximate surface area is 225 Å². The highest BCUT2D eigenvalue weighted by Gasteiger charge is 2.33. The van der Waals surface area contributed by atoms with Gasteiger partial charge in [-0.3, -0.25) is 14.2 Å². The molecule has 0 atom stereocenters. The Bertz CT molecular complexity index is 2040. The summed E-state index contributed by atoms with van der Waals surface area (Å²) in [6.07, 6.45) is -4.52. The SMILES string of the molecule is O=C1c2ccccc2-c2cc(=O)n(-c3ccc(C(F)(F)F)cc3)c3c2c1c(Oc1ccccc1)c1ccccc13. The van der Waals surface area contributed by atoms with E-state index in [0.717, 1.165) is 12.1 Å². The molecule has 7 heteroatoms. The molecule has 1 aliphatic carbocycles. The molecule has 0 N–H and O–H groups in total. The van der Waals surface area contributed by atoms with Gasteiger partial charge in [-0.1, -0.05) is 66.7 Å². The zero-order valence-corrected chi connectivity index (χ0v) is 20.7. The van der Waals surface area contributed by atoms with Gasteiger partial charge < -0.3 is 4.74 Å². The Morgan fingerprint density at radius 1 is 0.650 bits per heavy atom. The number of hydrogen-bond acceptors (Lipinski definition) is 3. The van der Waals surface area contributed by atoms with Crippen LogP contribution in [-0.4, -0.2) is 10.4 Å². The lowest BCUT2D eigenvalue weighted by Crippen LogP contribution is -2.22. The first-order valence-electron chi connectivity index (χ1n) is 12.5. The number of pyridine rings is 1. The number of halogens is 3. The van der Waals surface area contributed by atoms with Crippen molar-refractivity contribution < 1.29 is 22.7 Å². The van der Waals surface area contributed by atoms with Crippen LogP contribution in [0.15, 0.2) is 114 Å². The van der Waals surface area contributed by atoms with Crippen LogP contribution in [0.1, 0.15) is 21.5 Å². The van der Waals surface area contributed by atoms with Gasteiger partial charge in [0.2, 0.25) is 0 Å². The number of carbonyl (C=O) groups is 1. The molecule has 1 aromatic heterocycles. The molecule has 4 nitrogen and oxygen atoms in total. The number of fused-ring (bicyclic) bond motifs is 4. The molecule has 0 aliphatic heterocycles. The van der Waals surface area contributed by atoms with Gasteiger partial charge in [-0.2, -0.15) is 13.2 Å². The molecule has 0 radical (unpaired) electrons. The van der Waals surface area contributed by atoms with Gasteiger partial charge in [0.05, 0.1) is 16.6 Å². The number of rotatable bonds is 3. The third kappa shape index (κ3) is 3.55. The largest absolute Gasteiger partial charge is 0.456 e. The van der Waals surface area contributed by atoms with Gasteiger partial charge in [-0.05, 0) is 47.5 Å². The number of carbonyl (C=O) groups excluding carboxylic acids is 1. The monoisotopic (exact) mass is 533 g/mol. The van der Waals surface area contributed by atoms with E-state index in [-0.39, 0.29) is 11.5 Å². The molecule has 40 heavy (non-hydrogen) atoms. The molecule has 1 aliphatic rings. The zero-order chi connectivity index (χ0) is 27.6. The van der Waals surface area contributed by atoms with Gasteiger partial charge in [-0.25, -0.2) is 0 Å². The molecule has 6 aromatic rings. The predicted molar refractivity (Wildman–Crippen MR) is 147 cm³/mol. The maximum Gasteiger partial charge on any atom is 0.416 e. The van der Waals surface area contributed by atoms with E-state index in [4.69, 9.17) is 4.74 Å². The molecule has 0 bridgehead atoms. The molecular weight excluding hydrogens is 515 g/mol. The minimum Gasteiger partial charge on any atom is -0.456 e. The summed E-state index contributed by atoms with van der Waals surface area (Å²) < 4.78 is 47.7. The standard InChI is InChI=1S/C33H18F3NO3/c34-33(35,36)19-14-16-20(17-15-19)37-27(38)18-26-22-10-4-6-12-24(22)31(39)29-28(26)30(37)23-11-5-7-13-25(23)32(29)40-21-8-2-1-3-9-21/h1-18H. The highest BCUT2D eigenvalue weighted by Crippen LogP contribution is 2.48. The maximum atomic E-state index is 14.1. The van der Waals surface area contributed by atoms with Crippen LogP contribution in [0.3, 0.4) is 0 Å². The van der Waals surface area contributed by atoms with Crippen molar-refractivity contribution in [1.29, 1.82) is 0 Å². The van der Waals surface area contributed by atoms with E-state index >= 15 is 0 Å². The van der Waals surface area contributed by atoms with E-state index in [2.05, 4.69) is 0 Å². The summed E-state index contributed by atoms with van der Waals surface area (Å²) in [5.41, 5.74) is 1.35. The number of nitrogens with zero attached hydrogens (tertiary/aromatic N) is 1. The lowest BCUT2D eigenvalue weighted by Gasteiger charge is -2.26. The zero-order valence-electron chi connectivity index (χ0n) is 20.7. The van der Waals surface area contributed by atoms with E-state index in [0.29, 0.717) is 55.4 Å². The number of aromatic nitrogens is 1. The first-order valence-corrected chi connectivity index (χ1v) is 12.5. The second-order valence-corrected chi connectivity index (χ2v) is 9.54. The van der Waals surface area contributed by atoms with Gasteiger partial charge >= 0.3 is 6.18 Å². The number of hydrogen-bond donors (Lipinski definition) is 0. The van der Waals surface area contributed by atoms with Crippen molar-refractivity contribution in [2.75, 3.05) is 0 Å². The number of ether oxygens (including phenoxy) is 1. The second-order valence-electron chi connectivity index (χ2n) is 9.54. The number of ketones is 1. The smallest absolute Gasteiger partial charge is 0.416 e. The molecule has 0 unspecified atom stereocenters. The first-order chi connectivity index (χ1) is 19.3. The van der Waals surface area contributed by atoms with E-state index in [1.54, 1.807) is 36.4 Å². The average molecular weight is 534 g/mol. The van der Waals surface area contributed by atoms with Crippen molar-refractivity contribution in [3.63, 3.8) is 0 Å². The highest BCUT2D eigenvalue weighted by atomic mass is 19.4. The van der Waals surface area contributed by atoms with E-state index < -0.39 is 17.3 Å². The third-order valence-electron chi connectivity index (χ3n) is 7.23. The van der Waals surface area contributed by atoms with Gasteiger partial charge in [-0.15, -0.1) is 0 Å². The predicted octanol–water partition coefficient (Wildman–Crippen LogP) is 8.17. The summed E-state index contributed by atoms with van der Waals surface area (Å²) in [4.78, 5) is 27.9. The third-order valence-corrected chi connectivity index (χ3v) is 7.23. The second kappa shape index (κ2) is 8.68. The van der Waals surface area contributed by atoms with Gasteiger partial charge in [0.25, 0.3) is 5.56 Å².